The summed E-state index contributed by atoms with van der Waals surface area (Å²) in [5, 5.41) is 0. The minimum atomic E-state index is -2.42. The Hall–Kier alpha value is 0.664. The molecule has 0 atom stereocenters. The van der Waals surface area contributed by atoms with Crippen LogP contribution < -0.4 is 0 Å². The predicted octanol–water partition coefficient (Wildman–Crippen LogP) is 5.16. The van der Waals surface area contributed by atoms with Gasteiger partial charge in [-0.3, -0.25) is 0 Å². The maximum atomic E-state index is 5.92. The van der Waals surface area contributed by atoms with E-state index in [1.165, 1.54) is 23.9 Å². The average Bonchev–Trinajstić information content (AvgIpc) is 2.49. The van der Waals surface area contributed by atoms with E-state index in [-0.39, 0.29) is 0 Å². The summed E-state index contributed by atoms with van der Waals surface area (Å²) >= 11 is 2.26. The molecule has 0 amide bonds. The van der Waals surface area contributed by atoms with Crippen LogP contribution >= 0.6 is 11.2 Å². The molecule has 0 fully saturated rings. The second-order valence-electron chi connectivity index (χ2n) is 5.18. The van der Waals surface area contributed by atoms with Gasteiger partial charge in [0, 0.05) is 25.9 Å². The molecule has 128 valence electrons. The lowest BCUT2D eigenvalue weighted by Crippen LogP contribution is -2.46. The van der Waals surface area contributed by atoms with E-state index >= 15 is 0 Å². The minimum absolute atomic E-state index is 0.678. The maximum Gasteiger partial charge on any atom is 0.500 e. The molecule has 0 rings (SSSR count). The number of hydrogen-bond donors (Lipinski definition) is 0. The quantitative estimate of drug-likeness (QED) is 0.319. The smallest absolute Gasteiger partial charge is 0.374 e. The van der Waals surface area contributed by atoms with Crippen molar-refractivity contribution in [2.75, 3.05) is 25.6 Å². The van der Waals surface area contributed by atoms with Crippen LogP contribution in [0.15, 0.2) is 0 Å². The van der Waals surface area contributed by atoms with Crippen molar-refractivity contribution in [2.45, 2.75) is 72.1 Å². The Balaban J connectivity index is 4.41. The third-order valence-electron chi connectivity index (χ3n) is 4.06. The van der Waals surface area contributed by atoms with E-state index in [1.54, 1.807) is 0 Å². The summed E-state index contributed by atoms with van der Waals surface area (Å²) in [4.78, 5) is 0. The van der Waals surface area contributed by atoms with E-state index in [0.29, 0.717) is 19.8 Å². The van der Waals surface area contributed by atoms with Crippen LogP contribution in [-0.4, -0.2) is 41.6 Å². The van der Waals surface area contributed by atoms with Crippen molar-refractivity contribution >= 4 is 27.2 Å². The summed E-state index contributed by atoms with van der Waals surface area (Å²) in [5.41, 5.74) is 0. The van der Waals surface area contributed by atoms with Crippen molar-refractivity contribution in [3.63, 3.8) is 0 Å². The van der Waals surface area contributed by atoms with Gasteiger partial charge in [0.05, 0.1) is 0 Å². The number of rotatable bonds is 14. The summed E-state index contributed by atoms with van der Waals surface area (Å²) in [6.07, 6.45) is 1.14. The monoisotopic (exact) mass is 352 g/mol. The SMILES string of the molecule is CCO[Si](CCCS[Si](CC)(CC)CC)(OCC)OCC. The zero-order valence-electron chi connectivity index (χ0n) is 15.0. The third-order valence-corrected chi connectivity index (χ3v) is 17.2. The summed E-state index contributed by atoms with van der Waals surface area (Å²) in [5.74, 6) is 1.23. The lowest BCUT2D eigenvalue weighted by molar-refractivity contribution is 0.0712. The van der Waals surface area contributed by atoms with Crippen molar-refractivity contribution in [1.29, 1.82) is 0 Å². The first-order valence-corrected chi connectivity index (χ1v) is 14.9. The molecule has 0 radical (unpaired) electrons. The summed E-state index contributed by atoms with van der Waals surface area (Å²) in [6.45, 7) is 15.2. The molecule has 0 spiro atoms. The molecule has 21 heavy (non-hydrogen) atoms. The summed E-state index contributed by atoms with van der Waals surface area (Å²) in [6, 6.07) is 5.11. The van der Waals surface area contributed by atoms with Crippen LogP contribution in [0, 0.1) is 0 Å². The zero-order chi connectivity index (χ0) is 16.2. The highest BCUT2D eigenvalue weighted by Crippen LogP contribution is 2.33. The van der Waals surface area contributed by atoms with Gasteiger partial charge in [-0.05, 0) is 32.9 Å². The first kappa shape index (κ1) is 21.7. The van der Waals surface area contributed by atoms with Crippen LogP contribution in [0.25, 0.3) is 0 Å². The van der Waals surface area contributed by atoms with Gasteiger partial charge >= 0.3 is 8.80 Å². The summed E-state index contributed by atoms with van der Waals surface area (Å²) in [7, 11) is -3.48. The van der Waals surface area contributed by atoms with Crippen molar-refractivity contribution in [3.8, 4) is 0 Å². The van der Waals surface area contributed by atoms with Gasteiger partial charge in [-0.1, -0.05) is 38.9 Å². The Bertz CT molecular complexity index is 226. The van der Waals surface area contributed by atoms with Crippen LogP contribution in [0.3, 0.4) is 0 Å². The van der Waals surface area contributed by atoms with E-state index in [0.717, 1.165) is 12.5 Å². The Morgan fingerprint density at radius 1 is 0.714 bits per heavy atom. The molecule has 0 bridgehead atoms. The van der Waals surface area contributed by atoms with Gasteiger partial charge in [0.15, 0.2) is 0 Å². The van der Waals surface area contributed by atoms with Gasteiger partial charge in [0.2, 0.25) is 0 Å². The zero-order valence-corrected chi connectivity index (χ0v) is 17.8. The Labute approximate surface area is 138 Å². The van der Waals surface area contributed by atoms with Gasteiger partial charge in [-0.2, -0.15) is 11.2 Å². The highest BCUT2D eigenvalue weighted by Gasteiger charge is 2.40. The summed E-state index contributed by atoms with van der Waals surface area (Å²) < 4.78 is 17.8. The molecule has 0 heterocycles. The van der Waals surface area contributed by atoms with Gasteiger partial charge < -0.3 is 13.3 Å². The Morgan fingerprint density at radius 3 is 1.48 bits per heavy atom. The fourth-order valence-electron chi connectivity index (χ4n) is 2.63. The van der Waals surface area contributed by atoms with Crippen LogP contribution in [0.5, 0.6) is 0 Å². The third kappa shape index (κ3) is 7.66. The first-order chi connectivity index (χ1) is 10.1. The minimum Gasteiger partial charge on any atom is -0.374 e. The lowest BCUT2D eigenvalue weighted by Gasteiger charge is -2.30. The molecule has 0 aliphatic carbocycles. The van der Waals surface area contributed by atoms with Gasteiger partial charge in [-0.15, -0.1) is 0 Å². The molecular weight excluding hydrogens is 316 g/mol. The first-order valence-electron chi connectivity index (χ1n) is 8.63. The van der Waals surface area contributed by atoms with Crippen LogP contribution in [0.1, 0.15) is 48.0 Å². The van der Waals surface area contributed by atoms with Crippen LogP contribution in [-0.2, 0) is 13.3 Å². The van der Waals surface area contributed by atoms with E-state index in [9.17, 15) is 0 Å². The molecule has 0 aliphatic heterocycles. The lowest BCUT2D eigenvalue weighted by atomic mass is 10.6. The molecule has 0 saturated heterocycles. The van der Waals surface area contributed by atoms with Gasteiger partial charge in [0.1, 0.15) is 7.22 Å². The van der Waals surface area contributed by atoms with E-state index in [1.807, 2.05) is 20.8 Å². The second-order valence-corrected chi connectivity index (χ2v) is 16.6. The predicted molar refractivity (Wildman–Crippen MR) is 99.7 cm³/mol. The topological polar surface area (TPSA) is 27.7 Å². The fourth-order valence-corrected chi connectivity index (χ4v) is 11.9. The molecule has 3 nitrogen and oxygen atoms in total. The molecule has 0 saturated carbocycles. The highest BCUT2D eigenvalue weighted by molar-refractivity contribution is 8.28. The largest absolute Gasteiger partial charge is 0.500 e. The maximum absolute atomic E-state index is 5.92. The molecule has 0 unspecified atom stereocenters. The number of hydrogen-bond acceptors (Lipinski definition) is 4. The van der Waals surface area contributed by atoms with Crippen molar-refractivity contribution in [2.24, 2.45) is 0 Å². The molecule has 0 aromatic carbocycles. The fraction of sp³-hybridized carbons (Fsp3) is 1.00. The normalized spacial score (nSPS) is 12.9. The van der Waals surface area contributed by atoms with Crippen molar-refractivity contribution < 1.29 is 13.3 Å². The molecule has 0 aromatic rings. The van der Waals surface area contributed by atoms with E-state index < -0.39 is 16.0 Å². The molecule has 0 aromatic heterocycles. The van der Waals surface area contributed by atoms with E-state index in [2.05, 4.69) is 32.0 Å². The van der Waals surface area contributed by atoms with Crippen LogP contribution in [0.2, 0.25) is 24.2 Å². The van der Waals surface area contributed by atoms with Crippen molar-refractivity contribution in [1.82, 2.24) is 0 Å². The molecule has 0 aliphatic rings. The van der Waals surface area contributed by atoms with E-state index in [4.69, 9.17) is 13.3 Å². The standard InChI is InChI=1S/C15H36O3SSi2/c1-7-16-21(17-8-2,18-9-3)15-13-14-19-20(10-4,11-5)12-6/h7-15H2,1-6H3. The van der Waals surface area contributed by atoms with Gasteiger partial charge in [-0.25, -0.2) is 0 Å². The van der Waals surface area contributed by atoms with Gasteiger partial charge in [0.25, 0.3) is 0 Å². The highest BCUT2D eigenvalue weighted by atomic mass is 32.4. The molecular formula is C15H36O3SSi2. The average molecular weight is 353 g/mol. The van der Waals surface area contributed by atoms with Crippen molar-refractivity contribution in [3.05, 3.63) is 0 Å². The second kappa shape index (κ2) is 12.1. The molecule has 6 heteroatoms. The Morgan fingerprint density at radius 2 is 1.14 bits per heavy atom. The Kier molecular flexibility index (Phi) is 12.5. The van der Waals surface area contributed by atoms with Crippen LogP contribution in [0.4, 0.5) is 0 Å². The molecule has 0 N–H and O–H groups in total.